The number of hydrogen-bond acceptors (Lipinski definition) is 8. The van der Waals surface area contributed by atoms with Gasteiger partial charge in [-0.1, -0.05) is 13.0 Å². The van der Waals surface area contributed by atoms with E-state index in [1.807, 2.05) is 12.3 Å². The van der Waals surface area contributed by atoms with Gasteiger partial charge in [-0.3, -0.25) is 4.72 Å². The van der Waals surface area contributed by atoms with Crippen molar-refractivity contribution in [3.8, 4) is 0 Å². The van der Waals surface area contributed by atoms with Crippen LogP contribution in [0.15, 0.2) is 66.2 Å². The number of fused-ring (bicyclic) bond motifs is 1. The Kier molecular flexibility index (Phi) is 5.78. The van der Waals surface area contributed by atoms with E-state index in [0.29, 0.717) is 5.92 Å². The van der Waals surface area contributed by atoms with E-state index in [-0.39, 0.29) is 16.8 Å². The SMILES string of the molecule is CC1CCN(c2ccc(S(=O)(=O)Nc3ccccn3)cn2)CC1N(C)c1ncnc2[nH]ccc12. The van der Waals surface area contributed by atoms with Gasteiger partial charge in [0.25, 0.3) is 10.0 Å². The molecule has 0 aliphatic carbocycles. The van der Waals surface area contributed by atoms with Gasteiger partial charge in [-0.25, -0.2) is 28.4 Å². The molecule has 1 saturated heterocycles. The normalized spacial score (nSPS) is 18.7. The molecule has 4 aromatic heterocycles. The second-order valence-corrected chi connectivity index (χ2v) is 10.2. The Balaban J connectivity index is 1.34. The molecule has 0 spiro atoms. The van der Waals surface area contributed by atoms with Gasteiger partial charge in [0.15, 0.2) is 0 Å². The van der Waals surface area contributed by atoms with Crippen molar-refractivity contribution in [3.63, 3.8) is 0 Å². The maximum atomic E-state index is 12.7. The molecule has 2 unspecified atom stereocenters. The first-order chi connectivity index (χ1) is 16.4. The number of nitrogens with one attached hydrogen (secondary N) is 2. The van der Waals surface area contributed by atoms with Crippen LogP contribution in [-0.2, 0) is 10.0 Å². The zero-order valence-corrected chi connectivity index (χ0v) is 19.8. The minimum Gasteiger partial charge on any atom is -0.355 e. The van der Waals surface area contributed by atoms with Gasteiger partial charge in [0.1, 0.15) is 34.3 Å². The standard InChI is InChI=1S/C23H26N8O2S/c1-16-9-12-31(14-19(16)30(2)23-18-8-11-25-22(18)27-15-28-23)21-7-6-17(13-26-21)34(32,33)29-20-5-3-4-10-24-20/h3-8,10-11,13,15-16,19H,9,12,14H2,1-2H3,(H,24,29)(H,25,27,28). The van der Waals surface area contributed by atoms with Crippen LogP contribution in [0.5, 0.6) is 0 Å². The monoisotopic (exact) mass is 478 g/mol. The molecule has 2 atom stereocenters. The summed E-state index contributed by atoms with van der Waals surface area (Å²) in [5, 5.41) is 0.988. The molecule has 4 aromatic rings. The first-order valence-electron chi connectivity index (χ1n) is 11.1. The Hall–Kier alpha value is -3.73. The van der Waals surface area contributed by atoms with Gasteiger partial charge in [0, 0.05) is 38.7 Å². The van der Waals surface area contributed by atoms with E-state index < -0.39 is 10.0 Å². The lowest BCUT2D eigenvalue weighted by atomic mass is 9.92. The second kappa shape index (κ2) is 8.90. The van der Waals surface area contributed by atoms with Gasteiger partial charge in [-0.15, -0.1) is 0 Å². The smallest absolute Gasteiger partial charge is 0.264 e. The van der Waals surface area contributed by atoms with E-state index in [2.05, 4.69) is 53.4 Å². The van der Waals surface area contributed by atoms with Gasteiger partial charge in [0.2, 0.25) is 0 Å². The topological polar surface area (TPSA) is 120 Å². The summed E-state index contributed by atoms with van der Waals surface area (Å²) >= 11 is 0. The van der Waals surface area contributed by atoms with Crippen molar-refractivity contribution >= 4 is 38.5 Å². The zero-order valence-electron chi connectivity index (χ0n) is 19.0. The van der Waals surface area contributed by atoms with Crippen molar-refractivity contribution in [2.75, 3.05) is 34.7 Å². The van der Waals surface area contributed by atoms with Gasteiger partial charge >= 0.3 is 0 Å². The number of nitrogens with zero attached hydrogens (tertiary/aromatic N) is 6. The number of aromatic nitrogens is 5. The highest BCUT2D eigenvalue weighted by Crippen LogP contribution is 2.30. The van der Waals surface area contributed by atoms with Crippen LogP contribution in [0.4, 0.5) is 17.5 Å². The lowest BCUT2D eigenvalue weighted by Gasteiger charge is -2.42. The fourth-order valence-corrected chi connectivity index (χ4v) is 5.35. The summed E-state index contributed by atoms with van der Waals surface area (Å²) in [6.45, 7) is 3.85. The summed E-state index contributed by atoms with van der Waals surface area (Å²) in [4.78, 5) is 25.0. The number of anilines is 3. The van der Waals surface area contributed by atoms with Crippen molar-refractivity contribution in [2.45, 2.75) is 24.3 Å². The fourth-order valence-electron chi connectivity index (χ4n) is 4.40. The first kappa shape index (κ1) is 22.1. The predicted molar refractivity (Wildman–Crippen MR) is 131 cm³/mol. The third kappa shape index (κ3) is 4.26. The molecule has 10 nitrogen and oxygen atoms in total. The first-order valence-corrected chi connectivity index (χ1v) is 12.6. The summed E-state index contributed by atoms with van der Waals surface area (Å²) in [6, 6.07) is 10.6. The van der Waals surface area contributed by atoms with Crippen LogP contribution in [0.25, 0.3) is 11.0 Å². The van der Waals surface area contributed by atoms with E-state index in [9.17, 15) is 8.42 Å². The van der Waals surface area contributed by atoms with Crippen LogP contribution in [0, 0.1) is 5.92 Å². The highest BCUT2D eigenvalue weighted by Gasteiger charge is 2.31. The third-order valence-electron chi connectivity index (χ3n) is 6.34. The zero-order chi connectivity index (χ0) is 23.7. The van der Waals surface area contributed by atoms with Gasteiger partial charge in [-0.2, -0.15) is 0 Å². The molecule has 0 radical (unpaired) electrons. The molecule has 5 rings (SSSR count). The summed E-state index contributed by atoms with van der Waals surface area (Å²) in [6.07, 6.45) is 7.36. The number of sulfonamides is 1. The van der Waals surface area contributed by atoms with Gasteiger partial charge < -0.3 is 14.8 Å². The largest absolute Gasteiger partial charge is 0.355 e. The van der Waals surface area contributed by atoms with E-state index in [1.54, 1.807) is 36.7 Å². The number of hydrogen-bond donors (Lipinski definition) is 2. The molecule has 11 heteroatoms. The van der Waals surface area contributed by atoms with Crippen LogP contribution in [0.2, 0.25) is 0 Å². The van der Waals surface area contributed by atoms with E-state index in [0.717, 1.165) is 42.2 Å². The molecule has 176 valence electrons. The number of rotatable bonds is 6. The van der Waals surface area contributed by atoms with Crippen LogP contribution in [0.3, 0.4) is 0 Å². The maximum Gasteiger partial charge on any atom is 0.264 e. The predicted octanol–water partition coefficient (Wildman–Crippen LogP) is 2.90. The Morgan fingerprint density at radius 1 is 1.12 bits per heavy atom. The third-order valence-corrected chi connectivity index (χ3v) is 7.68. The number of likely N-dealkylation sites (N-methyl/N-ethyl adjacent to an activating group) is 1. The Morgan fingerprint density at radius 2 is 2.00 bits per heavy atom. The molecule has 0 bridgehead atoms. The number of pyridine rings is 2. The highest BCUT2D eigenvalue weighted by atomic mass is 32.2. The van der Waals surface area contributed by atoms with E-state index >= 15 is 0 Å². The van der Waals surface area contributed by atoms with Crippen LogP contribution in [0.1, 0.15) is 13.3 Å². The Labute approximate surface area is 198 Å². The van der Waals surface area contributed by atoms with E-state index in [1.165, 1.54) is 12.4 Å². The molecule has 5 heterocycles. The van der Waals surface area contributed by atoms with Gasteiger partial charge in [0.05, 0.1) is 11.4 Å². The average molecular weight is 479 g/mol. The summed E-state index contributed by atoms with van der Waals surface area (Å²) in [5.74, 6) is 2.35. The fraction of sp³-hybridized carbons (Fsp3) is 0.304. The molecule has 1 fully saturated rings. The Bertz CT molecular complexity index is 1380. The van der Waals surface area contributed by atoms with Crippen molar-refractivity contribution in [1.29, 1.82) is 0 Å². The van der Waals surface area contributed by atoms with Crippen LogP contribution >= 0.6 is 0 Å². The maximum absolute atomic E-state index is 12.7. The minimum atomic E-state index is -3.76. The Morgan fingerprint density at radius 3 is 2.76 bits per heavy atom. The summed E-state index contributed by atoms with van der Waals surface area (Å²) in [5.41, 5.74) is 0.815. The minimum absolute atomic E-state index is 0.0942. The summed E-state index contributed by atoms with van der Waals surface area (Å²) in [7, 11) is -1.70. The molecule has 34 heavy (non-hydrogen) atoms. The van der Waals surface area contributed by atoms with Crippen LogP contribution < -0.4 is 14.5 Å². The molecule has 1 aliphatic rings. The van der Waals surface area contributed by atoms with Crippen LogP contribution in [-0.4, -0.2) is 59.5 Å². The van der Waals surface area contributed by atoms with Crippen molar-refractivity contribution in [2.24, 2.45) is 5.92 Å². The molecular formula is C23H26N8O2S. The van der Waals surface area contributed by atoms with Gasteiger partial charge in [-0.05, 0) is 42.7 Å². The number of H-pyrrole nitrogens is 1. The van der Waals surface area contributed by atoms with Crippen molar-refractivity contribution in [1.82, 2.24) is 24.9 Å². The molecular weight excluding hydrogens is 452 g/mol. The number of aromatic amines is 1. The van der Waals surface area contributed by atoms with Crippen molar-refractivity contribution in [3.05, 3.63) is 61.3 Å². The molecule has 2 N–H and O–H groups in total. The average Bonchev–Trinajstić information content (AvgIpc) is 3.34. The van der Waals surface area contributed by atoms with E-state index in [4.69, 9.17) is 0 Å². The molecule has 0 aromatic carbocycles. The highest BCUT2D eigenvalue weighted by molar-refractivity contribution is 7.92. The molecule has 0 saturated carbocycles. The molecule has 0 amide bonds. The molecule has 1 aliphatic heterocycles. The quantitative estimate of drug-likeness (QED) is 0.434. The lowest BCUT2D eigenvalue weighted by Crippen LogP contribution is -2.51. The second-order valence-electron chi connectivity index (χ2n) is 8.50. The van der Waals surface area contributed by atoms with Crippen molar-refractivity contribution < 1.29 is 8.42 Å². The number of piperidine rings is 1. The summed E-state index contributed by atoms with van der Waals surface area (Å²) < 4.78 is 27.9. The lowest BCUT2D eigenvalue weighted by molar-refractivity contribution is 0.366.